The summed E-state index contributed by atoms with van der Waals surface area (Å²) in [7, 11) is 1.39. The molecule has 0 amide bonds. The zero-order valence-electron chi connectivity index (χ0n) is 9.97. The first-order valence-electron chi connectivity index (χ1n) is 5.74. The number of hydrogen-bond acceptors (Lipinski definition) is 3. The molecule has 0 spiro atoms. The number of ether oxygens (including phenoxy) is 2. The lowest BCUT2D eigenvalue weighted by Gasteiger charge is -2.19. The van der Waals surface area contributed by atoms with E-state index in [1.165, 1.54) is 7.11 Å². The van der Waals surface area contributed by atoms with Crippen molar-refractivity contribution in [1.82, 2.24) is 0 Å². The van der Waals surface area contributed by atoms with E-state index in [0.717, 1.165) is 22.1 Å². The van der Waals surface area contributed by atoms with Crippen LogP contribution >= 0.6 is 0 Å². The van der Waals surface area contributed by atoms with Gasteiger partial charge in [0.15, 0.2) is 0 Å². The maximum absolute atomic E-state index is 11.8. The molecule has 90 valence electrons. The van der Waals surface area contributed by atoms with E-state index >= 15 is 0 Å². The molecule has 2 aromatic carbocycles. The number of esters is 1. The van der Waals surface area contributed by atoms with Crippen LogP contribution in [-0.2, 0) is 9.53 Å². The van der Waals surface area contributed by atoms with Crippen molar-refractivity contribution in [3.05, 3.63) is 48.0 Å². The van der Waals surface area contributed by atoms with Crippen LogP contribution in [0.5, 0.6) is 5.75 Å². The third kappa shape index (κ3) is 1.56. The molecule has 1 aliphatic heterocycles. The predicted molar refractivity (Wildman–Crippen MR) is 69.4 cm³/mol. The molecule has 0 aromatic heterocycles. The molecular weight excluding hydrogens is 228 g/mol. The fraction of sp³-hybridized carbons (Fsp3) is 0.133. The molecular formula is C15H12O3. The molecule has 1 aliphatic rings. The number of fused-ring (bicyclic) bond motifs is 3. The zero-order valence-corrected chi connectivity index (χ0v) is 9.97. The summed E-state index contributed by atoms with van der Waals surface area (Å²) in [6.07, 6.45) is 1.76. The van der Waals surface area contributed by atoms with Gasteiger partial charge in [-0.15, -0.1) is 0 Å². The number of carbonyl (C=O) groups excluding carboxylic acids is 1. The molecule has 0 saturated heterocycles. The van der Waals surface area contributed by atoms with Crippen LogP contribution in [0.3, 0.4) is 0 Å². The average molecular weight is 240 g/mol. The molecule has 3 nitrogen and oxygen atoms in total. The van der Waals surface area contributed by atoms with Gasteiger partial charge in [-0.2, -0.15) is 0 Å². The highest BCUT2D eigenvalue weighted by Crippen LogP contribution is 2.36. The topological polar surface area (TPSA) is 35.5 Å². The predicted octanol–water partition coefficient (Wildman–Crippen LogP) is 2.79. The maximum Gasteiger partial charge on any atom is 0.338 e. The number of benzene rings is 2. The first-order chi connectivity index (χ1) is 8.81. The highest BCUT2D eigenvalue weighted by Gasteiger charge is 2.22. The van der Waals surface area contributed by atoms with Crippen molar-refractivity contribution >= 4 is 22.3 Å². The Kier molecular flexibility index (Phi) is 2.52. The van der Waals surface area contributed by atoms with Gasteiger partial charge in [-0.3, -0.25) is 0 Å². The molecule has 0 N–H and O–H groups in total. The van der Waals surface area contributed by atoms with Gasteiger partial charge in [0.2, 0.25) is 0 Å². The summed E-state index contributed by atoms with van der Waals surface area (Å²) in [5.41, 5.74) is 1.40. The first kappa shape index (κ1) is 10.8. The van der Waals surface area contributed by atoms with E-state index in [2.05, 4.69) is 0 Å². The van der Waals surface area contributed by atoms with Gasteiger partial charge < -0.3 is 9.47 Å². The van der Waals surface area contributed by atoms with Crippen LogP contribution in [0, 0.1) is 0 Å². The van der Waals surface area contributed by atoms with Crippen LogP contribution in [-0.4, -0.2) is 19.7 Å². The number of rotatable bonds is 1. The number of hydrogen-bond donors (Lipinski definition) is 0. The van der Waals surface area contributed by atoms with E-state index in [9.17, 15) is 4.79 Å². The second kappa shape index (κ2) is 4.18. The van der Waals surface area contributed by atoms with Gasteiger partial charge in [-0.25, -0.2) is 4.79 Å². The fourth-order valence-corrected chi connectivity index (χ4v) is 2.26. The van der Waals surface area contributed by atoms with Gasteiger partial charge in [-0.05, 0) is 22.9 Å². The van der Waals surface area contributed by atoms with Crippen LogP contribution in [0.4, 0.5) is 0 Å². The van der Waals surface area contributed by atoms with E-state index in [4.69, 9.17) is 9.47 Å². The third-order valence-electron chi connectivity index (χ3n) is 3.09. The van der Waals surface area contributed by atoms with Crippen molar-refractivity contribution in [3.63, 3.8) is 0 Å². The first-order valence-corrected chi connectivity index (χ1v) is 5.74. The van der Waals surface area contributed by atoms with Gasteiger partial charge in [0.25, 0.3) is 0 Å². The molecule has 18 heavy (non-hydrogen) atoms. The Hall–Kier alpha value is -2.29. The monoisotopic (exact) mass is 240 g/mol. The van der Waals surface area contributed by atoms with Crippen LogP contribution in [0.1, 0.15) is 5.56 Å². The Labute approximate surface area is 105 Å². The minimum atomic E-state index is -0.323. The number of methoxy groups -OCH3 is 1. The van der Waals surface area contributed by atoms with Crippen LogP contribution < -0.4 is 4.74 Å². The highest BCUT2D eigenvalue weighted by atomic mass is 16.5. The minimum absolute atomic E-state index is 0.323. The van der Waals surface area contributed by atoms with E-state index in [0.29, 0.717) is 12.2 Å². The van der Waals surface area contributed by atoms with E-state index in [-0.39, 0.29) is 5.97 Å². The standard InChI is InChI=1S/C15H12O3/c1-17-15(16)12-8-9-18-13-7-6-10-4-2-3-5-11(10)14(12)13/h2-8H,9H2,1H3. The van der Waals surface area contributed by atoms with Crippen molar-refractivity contribution in [2.24, 2.45) is 0 Å². The van der Waals surface area contributed by atoms with Crippen molar-refractivity contribution in [3.8, 4) is 5.75 Å². The van der Waals surface area contributed by atoms with Crippen molar-refractivity contribution in [2.45, 2.75) is 0 Å². The molecule has 2 aromatic rings. The second-order valence-electron chi connectivity index (χ2n) is 4.08. The Morgan fingerprint density at radius 2 is 2.06 bits per heavy atom. The summed E-state index contributed by atoms with van der Waals surface area (Å²) >= 11 is 0. The average Bonchev–Trinajstić information content (AvgIpc) is 2.45. The molecule has 0 aliphatic carbocycles. The summed E-state index contributed by atoms with van der Waals surface area (Å²) in [5, 5.41) is 2.09. The molecule has 0 saturated carbocycles. The van der Waals surface area contributed by atoms with Crippen LogP contribution in [0.2, 0.25) is 0 Å². The van der Waals surface area contributed by atoms with Gasteiger partial charge >= 0.3 is 5.97 Å². The molecule has 0 bridgehead atoms. The lowest BCUT2D eigenvalue weighted by atomic mass is 9.95. The summed E-state index contributed by atoms with van der Waals surface area (Å²) < 4.78 is 10.4. The van der Waals surface area contributed by atoms with Crippen LogP contribution in [0.25, 0.3) is 16.3 Å². The highest BCUT2D eigenvalue weighted by molar-refractivity contribution is 6.21. The summed E-state index contributed by atoms with van der Waals surface area (Å²) in [4.78, 5) is 11.8. The molecule has 3 rings (SSSR count). The fourth-order valence-electron chi connectivity index (χ4n) is 2.26. The third-order valence-corrected chi connectivity index (χ3v) is 3.09. The minimum Gasteiger partial charge on any atom is -0.489 e. The van der Waals surface area contributed by atoms with Gasteiger partial charge in [-0.1, -0.05) is 30.3 Å². The SMILES string of the molecule is COC(=O)C1=CCOc2ccc3ccccc3c21. The molecule has 0 unspecified atom stereocenters. The Bertz CT molecular complexity index is 656. The van der Waals surface area contributed by atoms with Crippen molar-refractivity contribution in [2.75, 3.05) is 13.7 Å². The lowest BCUT2D eigenvalue weighted by molar-refractivity contribution is -0.133. The smallest absolute Gasteiger partial charge is 0.338 e. The normalized spacial score (nSPS) is 13.5. The summed E-state index contributed by atoms with van der Waals surface area (Å²) in [6.45, 7) is 0.399. The van der Waals surface area contributed by atoms with Crippen LogP contribution in [0.15, 0.2) is 42.5 Å². The largest absolute Gasteiger partial charge is 0.489 e. The molecule has 0 radical (unpaired) electrons. The van der Waals surface area contributed by atoms with Gasteiger partial charge in [0.1, 0.15) is 12.4 Å². The van der Waals surface area contributed by atoms with E-state index < -0.39 is 0 Å². The zero-order chi connectivity index (χ0) is 12.5. The van der Waals surface area contributed by atoms with E-state index in [1.54, 1.807) is 6.08 Å². The summed E-state index contributed by atoms with van der Waals surface area (Å²) in [6, 6.07) is 11.8. The van der Waals surface area contributed by atoms with E-state index in [1.807, 2.05) is 36.4 Å². The summed E-state index contributed by atoms with van der Waals surface area (Å²) in [5.74, 6) is 0.410. The van der Waals surface area contributed by atoms with Gasteiger partial charge in [0, 0.05) is 5.56 Å². The lowest BCUT2D eigenvalue weighted by Crippen LogP contribution is -2.12. The second-order valence-corrected chi connectivity index (χ2v) is 4.08. The van der Waals surface area contributed by atoms with Crippen molar-refractivity contribution in [1.29, 1.82) is 0 Å². The Morgan fingerprint density at radius 3 is 2.89 bits per heavy atom. The number of carbonyl (C=O) groups is 1. The molecule has 0 atom stereocenters. The van der Waals surface area contributed by atoms with Gasteiger partial charge in [0.05, 0.1) is 12.7 Å². The Morgan fingerprint density at radius 1 is 1.22 bits per heavy atom. The molecule has 3 heteroatoms. The quantitative estimate of drug-likeness (QED) is 0.719. The molecule has 0 fully saturated rings. The molecule has 1 heterocycles. The maximum atomic E-state index is 11.8. The Balaban J connectivity index is 2.31. The van der Waals surface area contributed by atoms with Crippen molar-refractivity contribution < 1.29 is 14.3 Å².